The Hall–Kier alpha value is -3.02. The van der Waals surface area contributed by atoms with Crippen LogP contribution in [0.15, 0.2) is 49.1 Å². The molecule has 1 N–H and O–H groups in total. The molecule has 1 saturated heterocycles. The Kier molecular flexibility index (Phi) is 4.24. The molecule has 6 heteroatoms. The van der Waals surface area contributed by atoms with Gasteiger partial charge < -0.3 is 10.2 Å². The quantitative estimate of drug-likeness (QED) is 0.786. The second kappa shape index (κ2) is 6.71. The molecule has 0 aliphatic carbocycles. The van der Waals surface area contributed by atoms with E-state index in [4.69, 9.17) is 0 Å². The number of likely N-dealkylation sites (tertiary alicyclic amines) is 1. The van der Waals surface area contributed by atoms with Crippen molar-refractivity contribution in [2.75, 3.05) is 18.9 Å². The van der Waals surface area contributed by atoms with Crippen molar-refractivity contribution in [1.29, 1.82) is 0 Å². The Morgan fingerprint density at radius 3 is 2.81 bits per heavy atom. The van der Waals surface area contributed by atoms with Gasteiger partial charge in [0.05, 0.1) is 11.6 Å². The van der Waals surface area contributed by atoms with E-state index in [1.807, 2.05) is 36.2 Å². The first kappa shape index (κ1) is 16.4. The van der Waals surface area contributed by atoms with Crippen LogP contribution in [0.1, 0.15) is 23.6 Å². The summed E-state index contributed by atoms with van der Waals surface area (Å²) in [5.41, 5.74) is 3.17. The molecule has 1 aliphatic heterocycles. The molecule has 3 aromatic rings. The van der Waals surface area contributed by atoms with Gasteiger partial charge in [-0.15, -0.1) is 0 Å². The smallest absolute Gasteiger partial charge is 0.223 e. The Balaban J connectivity index is 1.60. The molecule has 132 valence electrons. The van der Waals surface area contributed by atoms with E-state index in [-0.39, 0.29) is 17.9 Å². The Bertz CT molecular complexity index is 938. The van der Waals surface area contributed by atoms with Gasteiger partial charge in [0, 0.05) is 43.7 Å². The maximum absolute atomic E-state index is 12.3. The summed E-state index contributed by atoms with van der Waals surface area (Å²) in [5.74, 6) is 1.16. The van der Waals surface area contributed by atoms with Crippen LogP contribution in [0.5, 0.6) is 0 Å². The first-order valence-corrected chi connectivity index (χ1v) is 8.75. The van der Waals surface area contributed by atoms with Crippen LogP contribution in [0.4, 0.5) is 5.82 Å². The minimum absolute atomic E-state index is 0.0483. The minimum Gasteiger partial charge on any atom is -0.369 e. The number of aromatic nitrogens is 3. The van der Waals surface area contributed by atoms with Gasteiger partial charge >= 0.3 is 0 Å². The van der Waals surface area contributed by atoms with Gasteiger partial charge in [-0.1, -0.05) is 12.1 Å². The van der Waals surface area contributed by atoms with Gasteiger partial charge in [0.1, 0.15) is 12.1 Å². The lowest BCUT2D eigenvalue weighted by molar-refractivity contribution is -0.127. The van der Waals surface area contributed by atoms with Crippen LogP contribution in [0.3, 0.4) is 0 Å². The van der Waals surface area contributed by atoms with Gasteiger partial charge in [-0.05, 0) is 36.2 Å². The molecule has 26 heavy (non-hydrogen) atoms. The molecule has 0 spiro atoms. The zero-order valence-corrected chi connectivity index (χ0v) is 14.9. The van der Waals surface area contributed by atoms with Crippen LogP contribution in [0, 0.1) is 12.8 Å². The third-order valence-corrected chi connectivity index (χ3v) is 5.14. The standard InChI is InChI=1S/C20H21N5O/c1-13-4-3-5-16-18(13)20(24-12-23-16)22-11-15-10-17(26)25(2)19(15)14-6-8-21-9-7-14/h3-9,12,15,19H,10-11H2,1-2H3,(H,22,23,24)/t15-,19-/m0/s1. The largest absolute Gasteiger partial charge is 0.369 e. The SMILES string of the molecule is Cc1cccc2ncnc(NC[C@@H]3CC(=O)N(C)[C@H]3c3ccncc3)c12. The number of hydrogen-bond acceptors (Lipinski definition) is 5. The van der Waals surface area contributed by atoms with Crippen LogP contribution < -0.4 is 5.32 Å². The molecule has 1 amide bonds. The third kappa shape index (κ3) is 2.87. The van der Waals surface area contributed by atoms with E-state index >= 15 is 0 Å². The predicted molar refractivity (Wildman–Crippen MR) is 101 cm³/mol. The van der Waals surface area contributed by atoms with Gasteiger partial charge in [0.2, 0.25) is 5.91 Å². The van der Waals surface area contributed by atoms with Crippen molar-refractivity contribution in [2.24, 2.45) is 5.92 Å². The van der Waals surface area contributed by atoms with Crippen LogP contribution in [0.25, 0.3) is 10.9 Å². The average molecular weight is 347 g/mol. The summed E-state index contributed by atoms with van der Waals surface area (Å²) in [6.07, 6.45) is 5.66. The number of pyridine rings is 1. The van der Waals surface area contributed by atoms with Crippen LogP contribution in [-0.4, -0.2) is 39.4 Å². The van der Waals surface area contributed by atoms with E-state index in [1.165, 1.54) is 0 Å². The van der Waals surface area contributed by atoms with E-state index in [2.05, 4.69) is 33.3 Å². The van der Waals surface area contributed by atoms with Crippen molar-refractivity contribution in [2.45, 2.75) is 19.4 Å². The van der Waals surface area contributed by atoms with Gasteiger partial charge in [-0.25, -0.2) is 9.97 Å². The van der Waals surface area contributed by atoms with E-state index in [0.717, 1.165) is 27.8 Å². The molecule has 0 saturated carbocycles. The molecule has 4 rings (SSSR count). The summed E-state index contributed by atoms with van der Waals surface area (Å²) in [6, 6.07) is 10.1. The zero-order valence-electron chi connectivity index (χ0n) is 14.9. The maximum atomic E-state index is 12.3. The molecule has 3 heterocycles. The van der Waals surface area contributed by atoms with Crippen molar-refractivity contribution in [1.82, 2.24) is 19.9 Å². The van der Waals surface area contributed by atoms with Crippen LogP contribution >= 0.6 is 0 Å². The van der Waals surface area contributed by atoms with Gasteiger partial charge in [0.25, 0.3) is 0 Å². The van der Waals surface area contributed by atoms with Gasteiger partial charge in [-0.2, -0.15) is 0 Å². The second-order valence-electron chi connectivity index (χ2n) is 6.77. The van der Waals surface area contributed by atoms with E-state index in [0.29, 0.717) is 13.0 Å². The highest BCUT2D eigenvalue weighted by Crippen LogP contribution is 2.37. The van der Waals surface area contributed by atoms with Gasteiger partial charge in [0.15, 0.2) is 0 Å². The fourth-order valence-electron chi connectivity index (χ4n) is 3.83. The first-order valence-electron chi connectivity index (χ1n) is 8.75. The summed E-state index contributed by atoms with van der Waals surface area (Å²) in [4.78, 5) is 27.0. The highest BCUT2D eigenvalue weighted by Gasteiger charge is 2.38. The summed E-state index contributed by atoms with van der Waals surface area (Å²) < 4.78 is 0. The molecular weight excluding hydrogens is 326 g/mol. The highest BCUT2D eigenvalue weighted by atomic mass is 16.2. The van der Waals surface area contributed by atoms with E-state index in [1.54, 1.807) is 18.7 Å². The third-order valence-electron chi connectivity index (χ3n) is 5.14. The number of rotatable bonds is 4. The molecule has 0 radical (unpaired) electrons. The summed E-state index contributed by atoms with van der Waals surface area (Å²) in [5, 5.41) is 4.50. The summed E-state index contributed by atoms with van der Waals surface area (Å²) >= 11 is 0. The Morgan fingerprint density at radius 1 is 1.19 bits per heavy atom. The molecule has 0 bridgehead atoms. The Labute approximate surface area is 152 Å². The van der Waals surface area contributed by atoms with Crippen molar-refractivity contribution in [3.63, 3.8) is 0 Å². The summed E-state index contributed by atoms with van der Waals surface area (Å²) in [6.45, 7) is 2.73. The topological polar surface area (TPSA) is 71.0 Å². The molecule has 0 unspecified atom stereocenters. The molecule has 2 atom stereocenters. The molecule has 1 aliphatic rings. The number of anilines is 1. The number of carbonyl (C=O) groups is 1. The predicted octanol–water partition coefficient (Wildman–Crippen LogP) is 2.96. The number of aryl methyl sites for hydroxylation is 1. The Morgan fingerprint density at radius 2 is 2.00 bits per heavy atom. The van der Waals surface area contributed by atoms with Crippen LogP contribution in [-0.2, 0) is 4.79 Å². The maximum Gasteiger partial charge on any atom is 0.223 e. The lowest BCUT2D eigenvalue weighted by Crippen LogP contribution is -2.26. The molecule has 1 aromatic carbocycles. The van der Waals surface area contributed by atoms with E-state index < -0.39 is 0 Å². The lowest BCUT2D eigenvalue weighted by Gasteiger charge is -2.25. The highest BCUT2D eigenvalue weighted by molar-refractivity contribution is 5.91. The van der Waals surface area contributed by atoms with Crippen molar-refractivity contribution in [3.8, 4) is 0 Å². The fourth-order valence-corrected chi connectivity index (χ4v) is 3.83. The van der Waals surface area contributed by atoms with Crippen molar-refractivity contribution >= 4 is 22.6 Å². The number of nitrogens with zero attached hydrogens (tertiary/aromatic N) is 4. The van der Waals surface area contributed by atoms with E-state index in [9.17, 15) is 4.79 Å². The lowest BCUT2D eigenvalue weighted by atomic mass is 9.94. The fraction of sp³-hybridized carbons (Fsp3) is 0.300. The molecule has 6 nitrogen and oxygen atoms in total. The number of benzene rings is 1. The molecule has 2 aromatic heterocycles. The zero-order chi connectivity index (χ0) is 18.1. The second-order valence-corrected chi connectivity index (χ2v) is 6.77. The monoisotopic (exact) mass is 347 g/mol. The van der Waals surface area contributed by atoms with Crippen LogP contribution in [0.2, 0.25) is 0 Å². The number of nitrogens with one attached hydrogen (secondary N) is 1. The number of amides is 1. The molecule has 1 fully saturated rings. The average Bonchev–Trinajstić information content (AvgIpc) is 2.95. The summed E-state index contributed by atoms with van der Waals surface area (Å²) in [7, 11) is 1.87. The van der Waals surface area contributed by atoms with Crippen molar-refractivity contribution < 1.29 is 4.79 Å². The first-order chi connectivity index (χ1) is 12.6. The normalized spacial score (nSPS) is 19.9. The number of hydrogen-bond donors (Lipinski definition) is 1. The minimum atomic E-state index is 0.0483. The van der Waals surface area contributed by atoms with Crippen molar-refractivity contribution in [3.05, 3.63) is 60.2 Å². The van der Waals surface area contributed by atoms with Gasteiger partial charge in [-0.3, -0.25) is 9.78 Å². The number of fused-ring (bicyclic) bond motifs is 1. The number of carbonyl (C=O) groups excluding carboxylic acids is 1. The molecular formula is C20H21N5O.